The smallest absolute Gasteiger partial charge is 0.328 e. The van der Waals surface area contributed by atoms with Gasteiger partial charge in [-0.25, -0.2) is 4.79 Å². The highest BCUT2D eigenvalue weighted by atomic mass is 79.9. The minimum absolute atomic E-state index is 0.136. The van der Waals surface area contributed by atoms with E-state index < -0.39 is 6.04 Å². The Bertz CT molecular complexity index is 219. The van der Waals surface area contributed by atoms with Crippen molar-refractivity contribution in [2.45, 2.75) is 32.7 Å². The van der Waals surface area contributed by atoms with Gasteiger partial charge < -0.3 is 10.1 Å². The monoisotopic (exact) mass is 279 g/mol. The molecule has 0 aliphatic carbocycles. The lowest BCUT2D eigenvalue weighted by molar-refractivity contribution is -0.145. The van der Waals surface area contributed by atoms with Crippen molar-refractivity contribution < 1.29 is 14.3 Å². The number of nitrogens with one attached hydrogen (secondary N) is 1. The zero-order chi connectivity index (χ0) is 11.8. The van der Waals surface area contributed by atoms with E-state index in [1.807, 2.05) is 13.8 Å². The van der Waals surface area contributed by atoms with Crippen LogP contribution in [0.2, 0.25) is 0 Å². The summed E-state index contributed by atoms with van der Waals surface area (Å²) in [5.41, 5.74) is 0. The molecule has 0 rings (SSSR count). The van der Waals surface area contributed by atoms with Crippen LogP contribution in [0.4, 0.5) is 0 Å². The van der Waals surface area contributed by atoms with E-state index in [2.05, 4.69) is 26.0 Å². The molecule has 0 aromatic carbocycles. The fraction of sp³-hybridized carbons (Fsp3) is 0.800. The average molecular weight is 280 g/mol. The van der Waals surface area contributed by atoms with Crippen LogP contribution >= 0.6 is 15.9 Å². The predicted octanol–water partition coefficient (Wildman–Crippen LogP) is 1.48. The van der Waals surface area contributed by atoms with Crippen molar-refractivity contribution in [3.8, 4) is 0 Å². The number of halogens is 1. The topological polar surface area (TPSA) is 55.4 Å². The lowest BCUT2D eigenvalue weighted by atomic mass is 10.0. The minimum atomic E-state index is -0.526. The maximum atomic E-state index is 11.3. The van der Waals surface area contributed by atoms with Crippen LogP contribution in [0.5, 0.6) is 0 Å². The highest BCUT2D eigenvalue weighted by molar-refractivity contribution is 9.09. The fourth-order valence-corrected chi connectivity index (χ4v) is 1.54. The first-order chi connectivity index (χ1) is 7.01. The highest BCUT2D eigenvalue weighted by Crippen LogP contribution is 2.06. The van der Waals surface area contributed by atoms with Gasteiger partial charge in [0.2, 0.25) is 5.91 Å². The summed E-state index contributed by atoms with van der Waals surface area (Å²) in [5, 5.41) is 3.25. The van der Waals surface area contributed by atoms with Gasteiger partial charge in [0.1, 0.15) is 6.04 Å². The Kier molecular flexibility index (Phi) is 7.38. The third-order valence-electron chi connectivity index (χ3n) is 1.85. The molecule has 0 heterocycles. The average Bonchev–Trinajstić information content (AvgIpc) is 2.15. The molecule has 0 saturated carbocycles. The number of rotatable bonds is 6. The van der Waals surface area contributed by atoms with Crippen molar-refractivity contribution in [2.75, 3.05) is 12.4 Å². The lowest BCUT2D eigenvalue weighted by Crippen LogP contribution is -2.42. The Hall–Kier alpha value is -0.580. The largest absolute Gasteiger partial charge is 0.467 e. The van der Waals surface area contributed by atoms with Crippen LogP contribution in [-0.2, 0) is 14.3 Å². The molecule has 1 N–H and O–H groups in total. The Morgan fingerprint density at radius 3 is 2.40 bits per heavy atom. The van der Waals surface area contributed by atoms with Gasteiger partial charge in [-0.3, -0.25) is 4.79 Å². The lowest BCUT2D eigenvalue weighted by Gasteiger charge is -2.17. The van der Waals surface area contributed by atoms with Crippen molar-refractivity contribution in [3.63, 3.8) is 0 Å². The number of methoxy groups -OCH3 is 1. The number of hydrogen-bond acceptors (Lipinski definition) is 3. The van der Waals surface area contributed by atoms with Crippen molar-refractivity contribution >= 4 is 27.8 Å². The Morgan fingerprint density at radius 1 is 1.40 bits per heavy atom. The molecule has 15 heavy (non-hydrogen) atoms. The van der Waals surface area contributed by atoms with Crippen LogP contribution in [0.15, 0.2) is 0 Å². The number of carbonyl (C=O) groups is 2. The summed E-state index contributed by atoms with van der Waals surface area (Å²) in [7, 11) is 1.33. The first-order valence-corrected chi connectivity index (χ1v) is 6.06. The number of hydrogen-bond donors (Lipinski definition) is 1. The molecular formula is C10H18BrNO3. The van der Waals surface area contributed by atoms with Gasteiger partial charge in [0, 0.05) is 11.8 Å². The summed E-state index contributed by atoms with van der Waals surface area (Å²) in [6.07, 6.45) is 0.965. The van der Waals surface area contributed by atoms with E-state index in [-0.39, 0.29) is 11.9 Å². The van der Waals surface area contributed by atoms with E-state index in [1.165, 1.54) is 7.11 Å². The second-order valence-corrected chi connectivity index (χ2v) is 4.50. The van der Waals surface area contributed by atoms with Gasteiger partial charge in [-0.2, -0.15) is 0 Å². The molecule has 1 unspecified atom stereocenters. The third-order valence-corrected chi connectivity index (χ3v) is 2.25. The molecule has 88 valence electrons. The van der Waals surface area contributed by atoms with E-state index >= 15 is 0 Å². The SMILES string of the molecule is COC(=O)C(CC(C)C)NC(=O)CCBr. The van der Waals surface area contributed by atoms with E-state index in [1.54, 1.807) is 0 Å². The van der Waals surface area contributed by atoms with E-state index in [0.29, 0.717) is 24.1 Å². The fourth-order valence-electron chi connectivity index (χ4n) is 1.18. The maximum absolute atomic E-state index is 11.3. The molecule has 4 nitrogen and oxygen atoms in total. The maximum Gasteiger partial charge on any atom is 0.328 e. The summed E-state index contributed by atoms with van der Waals surface area (Å²) < 4.78 is 4.63. The number of esters is 1. The number of ether oxygens (including phenoxy) is 1. The first kappa shape index (κ1) is 14.4. The van der Waals surface area contributed by atoms with Crippen molar-refractivity contribution in [3.05, 3.63) is 0 Å². The molecule has 0 saturated heterocycles. The minimum Gasteiger partial charge on any atom is -0.467 e. The normalized spacial score (nSPS) is 12.3. The van der Waals surface area contributed by atoms with E-state index in [9.17, 15) is 9.59 Å². The molecule has 0 bridgehead atoms. The summed E-state index contributed by atoms with van der Waals surface area (Å²) >= 11 is 3.17. The van der Waals surface area contributed by atoms with Gasteiger partial charge in [0.05, 0.1) is 7.11 Å². The molecule has 1 atom stereocenters. The molecule has 0 spiro atoms. The van der Waals surface area contributed by atoms with Crippen LogP contribution in [-0.4, -0.2) is 30.4 Å². The second-order valence-electron chi connectivity index (χ2n) is 3.71. The zero-order valence-corrected chi connectivity index (χ0v) is 11.0. The quantitative estimate of drug-likeness (QED) is 0.592. The van der Waals surface area contributed by atoms with E-state index in [4.69, 9.17) is 0 Å². The standard InChI is InChI=1S/C10H18BrNO3/c1-7(2)6-8(10(14)15-3)12-9(13)4-5-11/h7-8H,4-6H2,1-3H3,(H,12,13). The molecular weight excluding hydrogens is 262 g/mol. The molecule has 0 fully saturated rings. The Balaban J connectivity index is 4.24. The van der Waals surface area contributed by atoms with Crippen LogP contribution in [0.25, 0.3) is 0 Å². The molecule has 0 radical (unpaired) electrons. The molecule has 1 amide bonds. The molecule has 5 heteroatoms. The van der Waals surface area contributed by atoms with Crippen molar-refractivity contribution in [1.29, 1.82) is 0 Å². The van der Waals surface area contributed by atoms with Crippen LogP contribution < -0.4 is 5.32 Å². The van der Waals surface area contributed by atoms with Crippen LogP contribution in [0, 0.1) is 5.92 Å². The molecule has 0 aromatic heterocycles. The highest BCUT2D eigenvalue weighted by Gasteiger charge is 2.21. The molecule has 0 aliphatic heterocycles. The summed E-state index contributed by atoms with van der Waals surface area (Å²) in [6, 6.07) is -0.526. The molecule has 0 aromatic rings. The number of carbonyl (C=O) groups excluding carboxylic acids is 2. The third kappa shape index (κ3) is 6.49. The van der Waals surface area contributed by atoms with Crippen LogP contribution in [0.3, 0.4) is 0 Å². The van der Waals surface area contributed by atoms with Gasteiger partial charge in [-0.1, -0.05) is 29.8 Å². The Labute approximate surface area is 98.9 Å². The zero-order valence-electron chi connectivity index (χ0n) is 9.38. The Morgan fingerprint density at radius 2 is 2.00 bits per heavy atom. The van der Waals surface area contributed by atoms with Gasteiger partial charge in [-0.15, -0.1) is 0 Å². The van der Waals surface area contributed by atoms with Gasteiger partial charge in [0.15, 0.2) is 0 Å². The summed E-state index contributed by atoms with van der Waals surface area (Å²) in [4.78, 5) is 22.6. The molecule has 0 aliphatic rings. The number of alkyl halides is 1. The van der Waals surface area contributed by atoms with Gasteiger partial charge >= 0.3 is 5.97 Å². The predicted molar refractivity (Wildman–Crippen MR) is 61.8 cm³/mol. The number of amides is 1. The van der Waals surface area contributed by atoms with Gasteiger partial charge in [0.25, 0.3) is 0 Å². The van der Waals surface area contributed by atoms with Crippen molar-refractivity contribution in [1.82, 2.24) is 5.32 Å². The first-order valence-electron chi connectivity index (χ1n) is 4.94. The second kappa shape index (κ2) is 7.68. The summed E-state index contributed by atoms with van der Waals surface area (Å²) in [5.74, 6) is -0.187. The van der Waals surface area contributed by atoms with Gasteiger partial charge in [-0.05, 0) is 12.3 Å². The van der Waals surface area contributed by atoms with E-state index in [0.717, 1.165) is 0 Å². The summed E-state index contributed by atoms with van der Waals surface area (Å²) in [6.45, 7) is 3.99. The van der Waals surface area contributed by atoms with Crippen LogP contribution in [0.1, 0.15) is 26.7 Å². The van der Waals surface area contributed by atoms with Crippen molar-refractivity contribution in [2.24, 2.45) is 5.92 Å².